The van der Waals surface area contributed by atoms with Crippen LogP contribution < -0.4 is 15.4 Å². The van der Waals surface area contributed by atoms with Crippen LogP contribution in [-0.4, -0.2) is 45.4 Å². The topological polar surface area (TPSA) is 54.9 Å². The summed E-state index contributed by atoms with van der Waals surface area (Å²) in [6.45, 7) is 8.85. The van der Waals surface area contributed by atoms with Crippen molar-refractivity contribution in [2.24, 2.45) is 4.99 Å². The highest BCUT2D eigenvalue weighted by atomic mass is 127. The minimum absolute atomic E-state index is 0. The fourth-order valence-corrected chi connectivity index (χ4v) is 4.41. The largest absolute Gasteiger partial charge is 0.494 e. The zero-order chi connectivity index (χ0) is 20.4. The van der Waals surface area contributed by atoms with E-state index in [2.05, 4.69) is 59.3 Å². The Labute approximate surface area is 201 Å². The zero-order valence-electron chi connectivity index (χ0n) is 18.0. The molecule has 0 bridgehead atoms. The molecule has 7 heteroatoms. The molecular formula is C23H34IN3O2S. The first-order chi connectivity index (χ1) is 14.3. The van der Waals surface area contributed by atoms with Crippen molar-refractivity contribution >= 4 is 41.3 Å². The van der Waals surface area contributed by atoms with Gasteiger partial charge in [0, 0.05) is 36.6 Å². The van der Waals surface area contributed by atoms with Gasteiger partial charge in [-0.3, -0.25) is 4.99 Å². The molecule has 1 aliphatic rings. The molecular weight excluding hydrogens is 509 g/mol. The van der Waals surface area contributed by atoms with Gasteiger partial charge in [0.25, 0.3) is 0 Å². The molecule has 166 valence electrons. The van der Waals surface area contributed by atoms with E-state index in [1.54, 1.807) is 11.3 Å². The second-order valence-electron chi connectivity index (χ2n) is 7.30. The van der Waals surface area contributed by atoms with Crippen molar-refractivity contribution in [1.82, 2.24) is 10.6 Å². The standard InChI is InChI=1S/C23H33N3O2S.HI/c1-3-24-22(25-14-11-21-6-5-17-29-21)26-18-23(12-15-27-16-13-23)19-7-9-20(10-8-19)28-4-2;/h5-10,17H,3-4,11-16,18H2,1-2H3,(H2,24,25,26);1H. The first kappa shape index (κ1) is 24.9. The van der Waals surface area contributed by atoms with Gasteiger partial charge in [0.05, 0.1) is 13.2 Å². The molecule has 0 aliphatic carbocycles. The third kappa shape index (κ3) is 7.13. The smallest absolute Gasteiger partial charge is 0.191 e. The molecule has 3 rings (SSSR count). The number of aliphatic imine (C=N–C) groups is 1. The van der Waals surface area contributed by atoms with Crippen LogP contribution in [0.3, 0.4) is 0 Å². The summed E-state index contributed by atoms with van der Waals surface area (Å²) in [5.41, 5.74) is 1.33. The van der Waals surface area contributed by atoms with Gasteiger partial charge in [-0.15, -0.1) is 35.3 Å². The Kier molecular flexibility index (Phi) is 11.0. The van der Waals surface area contributed by atoms with Gasteiger partial charge in [0.15, 0.2) is 5.96 Å². The predicted molar refractivity (Wildman–Crippen MR) is 137 cm³/mol. The summed E-state index contributed by atoms with van der Waals surface area (Å²) in [6, 6.07) is 12.8. The highest BCUT2D eigenvalue weighted by Crippen LogP contribution is 2.36. The van der Waals surface area contributed by atoms with Gasteiger partial charge in [0.1, 0.15) is 5.75 Å². The lowest BCUT2D eigenvalue weighted by Crippen LogP contribution is -2.41. The van der Waals surface area contributed by atoms with Crippen molar-refractivity contribution in [2.75, 3.05) is 39.5 Å². The van der Waals surface area contributed by atoms with Gasteiger partial charge in [-0.05, 0) is 62.3 Å². The first-order valence-corrected chi connectivity index (χ1v) is 11.5. The van der Waals surface area contributed by atoms with E-state index >= 15 is 0 Å². The molecule has 2 N–H and O–H groups in total. The number of halogens is 1. The van der Waals surface area contributed by atoms with Crippen LogP contribution in [0.25, 0.3) is 0 Å². The van der Waals surface area contributed by atoms with Crippen LogP contribution in [-0.2, 0) is 16.6 Å². The van der Waals surface area contributed by atoms with Gasteiger partial charge < -0.3 is 20.1 Å². The molecule has 30 heavy (non-hydrogen) atoms. The molecule has 1 fully saturated rings. The van der Waals surface area contributed by atoms with Gasteiger partial charge >= 0.3 is 0 Å². The number of ether oxygens (including phenoxy) is 2. The maximum absolute atomic E-state index is 5.67. The maximum atomic E-state index is 5.67. The molecule has 2 aromatic rings. The molecule has 0 radical (unpaired) electrons. The third-order valence-corrected chi connectivity index (χ3v) is 6.29. The van der Waals surface area contributed by atoms with Crippen molar-refractivity contribution < 1.29 is 9.47 Å². The van der Waals surface area contributed by atoms with Crippen LogP contribution in [0.1, 0.15) is 37.1 Å². The Morgan fingerprint density at radius 2 is 1.90 bits per heavy atom. The van der Waals surface area contributed by atoms with Crippen LogP contribution in [0.2, 0.25) is 0 Å². The van der Waals surface area contributed by atoms with Crippen molar-refractivity contribution in [3.05, 3.63) is 52.2 Å². The second kappa shape index (κ2) is 13.2. The molecule has 0 atom stereocenters. The molecule has 0 unspecified atom stereocenters. The number of hydrogen-bond acceptors (Lipinski definition) is 4. The molecule has 0 saturated carbocycles. The van der Waals surface area contributed by atoms with Crippen molar-refractivity contribution in [2.45, 2.75) is 38.5 Å². The third-order valence-electron chi connectivity index (χ3n) is 5.36. The van der Waals surface area contributed by atoms with E-state index in [4.69, 9.17) is 14.5 Å². The number of nitrogens with one attached hydrogen (secondary N) is 2. The molecule has 0 amide bonds. The van der Waals surface area contributed by atoms with E-state index in [1.165, 1.54) is 10.4 Å². The number of thiophene rings is 1. The van der Waals surface area contributed by atoms with Crippen LogP contribution in [0, 0.1) is 0 Å². The quantitative estimate of drug-likeness (QED) is 0.276. The number of rotatable bonds is 9. The van der Waals surface area contributed by atoms with Crippen LogP contribution in [0.15, 0.2) is 46.8 Å². The SMILES string of the molecule is CCNC(=NCC1(c2ccc(OCC)cc2)CCOCC1)NCCc1cccs1.I. The second-order valence-corrected chi connectivity index (χ2v) is 8.33. The summed E-state index contributed by atoms with van der Waals surface area (Å²) in [4.78, 5) is 6.37. The molecule has 0 spiro atoms. The van der Waals surface area contributed by atoms with Gasteiger partial charge in [-0.25, -0.2) is 0 Å². The average molecular weight is 544 g/mol. The van der Waals surface area contributed by atoms with Crippen molar-refractivity contribution in [3.8, 4) is 5.75 Å². The lowest BCUT2D eigenvalue weighted by atomic mass is 9.74. The predicted octanol–water partition coefficient (Wildman–Crippen LogP) is 4.61. The molecule has 1 aliphatic heterocycles. The Balaban J connectivity index is 0.00000320. The Morgan fingerprint density at radius 1 is 1.13 bits per heavy atom. The van der Waals surface area contributed by atoms with Crippen LogP contribution >= 0.6 is 35.3 Å². The summed E-state index contributed by atoms with van der Waals surface area (Å²) in [7, 11) is 0. The summed E-state index contributed by atoms with van der Waals surface area (Å²) < 4.78 is 11.3. The monoisotopic (exact) mass is 543 g/mol. The van der Waals surface area contributed by atoms with Crippen LogP contribution in [0.4, 0.5) is 0 Å². The van der Waals surface area contributed by atoms with Gasteiger partial charge in [-0.2, -0.15) is 0 Å². The molecule has 1 aromatic heterocycles. The van der Waals surface area contributed by atoms with E-state index in [0.29, 0.717) is 6.61 Å². The molecule has 1 saturated heterocycles. The van der Waals surface area contributed by atoms with E-state index in [-0.39, 0.29) is 29.4 Å². The summed E-state index contributed by atoms with van der Waals surface area (Å²) >= 11 is 1.80. The van der Waals surface area contributed by atoms with Crippen molar-refractivity contribution in [3.63, 3.8) is 0 Å². The van der Waals surface area contributed by atoms with Gasteiger partial charge in [-0.1, -0.05) is 18.2 Å². The summed E-state index contributed by atoms with van der Waals surface area (Å²) in [6.07, 6.45) is 2.98. The van der Waals surface area contributed by atoms with E-state index in [9.17, 15) is 0 Å². The Hall–Kier alpha value is -1.32. The minimum Gasteiger partial charge on any atom is -0.494 e. The first-order valence-electron chi connectivity index (χ1n) is 10.6. The average Bonchev–Trinajstić information content (AvgIpc) is 3.27. The minimum atomic E-state index is 0. The highest BCUT2D eigenvalue weighted by molar-refractivity contribution is 14.0. The molecule has 5 nitrogen and oxygen atoms in total. The van der Waals surface area contributed by atoms with Crippen molar-refractivity contribution in [1.29, 1.82) is 0 Å². The van der Waals surface area contributed by atoms with E-state index in [1.807, 2.05) is 6.92 Å². The fourth-order valence-electron chi connectivity index (χ4n) is 3.70. The Morgan fingerprint density at radius 3 is 2.53 bits per heavy atom. The highest BCUT2D eigenvalue weighted by Gasteiger charge is 2.34. The number of hydrogen-bond donors (Lipinski definition) is 2. The van der Waals surface area contributed by atoms with Gasteiger partial charge in [0.2, 0.25) is 0 Å². The molecule has 2 heterocycles. The number of guanidine groups is 1. The van der Waals surface area contributed by atoms with Crippen LogP contribution in [0.5, 0.6) is 5.75 Å². The van der Waals surface area contributed by atoms with E-state index < -0.39 is 0 Å². The normalized spacial score (nSPS) is 15.9. The Bertz CT molecular complexity index is 744. The lowest BCUT2D eigenvalue weighted by molar-refractivity contribution is 0.0531. The number of nitrogens with zero attached hydrogens (tertiary/aromatic N) is 1. The maximum Gasteiger partial charge on any atom is 0.191 e. The lowest BCUT2D eigenvalue weighted by Gasteiger charge is -2.36. The van der Waals surface area contributed by atoms with E-state index in [0.717, 1.165) is 63.8 Å². The molecule has 1 aromatic carbocycles. The fraction of sp³-hybridized carbons (Fsp3) is 0.522. The summed E-state index contributed by atoms with van der Waals surface area (Å²) in [5, 5.41) is 9.00. The number of benzene rings is 1. The zero-order valence-corrected chi connectivity index (χ0v) is 21.1. The summed E-state index contributed by atoms with van der Waals surface area (Å²) in [5.74, 6) is 1.81.